The molecule has 0 atom stereocenters. The molecule has 1 saturated heterocycles. The molecule has 8 heteroatoms. The Morgan fingerprint density at radius 1 is 1.21 bits per heavy atom. The second-order valence-corrected chi connectivity index (χ2v) is 8.30. The van der Waals surface area contributed by atoms with E-state index >= 15 is 0 Å². The van der Waals surface area contributed by atoms with Gasteiger partial charge in [0, 0.05) is 37.9 Å². The van der Waals surface area contributed by atoms with Crippen molar-refractivity contribution in [1.29, 1.82) is 0 Å². The molecule has 0 radical (unpaired) electrons. The first kappa shape index (κ1) is 18.7. The van der Waals surface area contributed by atoms with Crippen molar-refractivity contribution in [2.45, 2.75) is 26.8 Å². The zero-order chi connectivity index (χ0) is 19.8. The average Bonchev–Trinajstić information content (AvgIpc) is 3.31. The number of amides is 1. The average molecular weight is 400 g/mol. The molecule has 0 unspecified atom stereocenters. The number of thiazole rings is 1. The van der Waals surface area contributed by atoms with Crippen LogP contribution in [0.25, 0.3) is 10.2 Å². The van der Waals surface area contributed by atoms with Crippen LogP contribution >= 0.6 is 11.3 Å². The van der Waals surface area contributed by atoms with Gasteiger partial charge in [0.2, 0.25) is 0 Å². The molecule has 1 fully saturated rings. The molecule has 0 aliphatic carbocycles. The predicted octanol–water partition coefficient (Wildman–Crippen LogP) is 3.35. The van der Waals surface area contributed by atoms with Gasteiger partial charge in [0.15, 0.2) is 10.8 Å². The molecule has 3 aromatic rings. The highest BCUT2D eigenvalue weighted by Gasteiger charge is 2.26. The molecule has 2 aromatic heterocycles. The Labute approximate surface area is 168 Å². The van der Waals surface area contributed by atoms with Gasteiger partial charge in [-0.15, -0.1) is 0 Å². The molecule has 1 aliphatic rings. The lowest BCUT2D eigenvalue weighted by Crippen LogP contribution is -2.48. The van der Waals surface area contributed by atoms with Gasteiger partial charge >= 0.3 is 0 Å². The fraction of sp³-hybridized carbons (Fsp3) is 0.450. The predicted molar refractivity (Wildman–Crippen MR) is 112 cm³/mol. The second-order valence-electron chi connectivity index (χ2n) is 7.29. The minimum atomic E-state index is 0.00752. The number of fused-ring (bicyclic) bond motifs is 1. The summed E-state index contributed by atoms with van der Waals surface area (Å²) in [5, 5.41) is 5.48. The summed E-state index contributed by atoms with van der Waals surface area (Å²) in [5.74, 6) is 0.804. The number of benzene rings is 1. The highest BCUT2D eigenvalue weighted by atomic mass is 32.1. The fourth-order valence-corrected chi connectivity index (χ4v) is 4.62. The summed E-state index contributed by atoms with van der Waals surface area (Å²) in [7, 11) is 1.67. The first-order valence-electron chi connectivity index (χ1n) is 9.52. The van der Waals surface area contributed by atoms with Gasteiger partial charge in [-0.2, -0.15) is 5.10 Å². The highest BCUT2D eigenvalue weighted by molar-refractivity contribution is 7.22. The molecular weight excluding hydrogens is 374 g/mol. The summed E-state index contributed by atoms with van der Waals surface area (Å²) in [6.45, 7) is 8.98. The van der Waals surface area contributed by atoms with E-state index in [0.717, 1.165) is 39.9 Å². The van der Waals surface area contributed by atoms with Gasteiger partial charge in [-0.3, -0.25) is 9.48 Å². The van der Waals surface area contributed by atoms with Crippen molar-refractivity contribution < 1.29 is 9.53 Å². The van der Waals surface area contributed by atoms with Gasteiger partial charge in [0.1, 0.15) is 11.3 Å². The van der Waals surface area contributed by atoms with Crippen LogP contribution in [-0.2, 0) is 0 Å². The lowest BCUT2D eigenvalue weighted by molar-refractivity contribution is 0.0739. The van der Waals surface area contributed by atoms with Crippen LogP contribution in [0.15, 0.2) is 24.3 Å². The Hall–Kier alpha value is -2.61. The normalized spacial score (nSPS) is 14.9. The molecule has 28 heavy (non-hydrogen) atoms. The van der Waals surface area contributed by atoms with Crippen LogP contribution in [-0.4, -0.2) is 58.9 Å². The Bertz CT molecular complexity index is 1000. The van der Waals surface area contributed by atoms with Crippen molar-refractivity contribution in [3.8, 4) is 5.75 Å². The monoisotopic (exact) mass is 399 g/mol. The Morgan fingerprint density at radius 3 is 2.61 bits per heavy atom. The van der Waals surface area contributed by atoms with Crippen LogP contribution in [0.3, 0.4) is 0 Å². The molecule has 1 aromatic carbocycles. The maximum absolute atomic E-state index is 12.9. The van der Waals surface area contributed by atoms with Crippen LogP contribution in [0.2, 0.25) is 0 Å². The number of ether oxygens (including phenoxy) is 1. The van der Waals surface area contributed by atoms with E-state index < -0.39 is 0 Å². The van der Waals surface area contributed by atoms with Crippen molar-refractivity contribution in [2.24, 2.45) is 0 Å². The summed E-state index contributed by atoms with van der Waals surface area (Å²) in [4.78, 5) is 21.8. The van der Waals surface area contributed by atoms with Gasteiger partial charge in [0.05, 0.1) is 11.8 Å². The van der Waals surface area contributed by atoms with E-state index in [9.17, 15) is 4.79 Å². The van der Waals surface area contributed by atoms with Gasteiger partial charge in [-0.25, -0.2) is 4.98 Å². The van der Waals surface area contributed by atoms with Crippen molar-refractivity contribution >= 4 is 32.6 Å². The van der Waals surface area contributed by atoms with Crippen molar-refractivity contribution in [3.63, 3.8) is 0 Å². The number of methoxy groups -OCH3 is 1. The maximum atomic E-state index is 12.9. The van der Waals surface area contributed by atoms with Gasteiger partial charge in [-0.05, 0) is 39.0 Å². The number of nitrogens with zero attached hydrogens (tertiary/aromatic N) is 5. The van der Waals surface area contributed by atoms with E-state index in [2.05, 4.69) is 29.9 Å². The molecule has 4 rings (SSSR count). The summed E-state index contributed by atoms with van der Waals surface area (Å²) < 4.78 is 8.43. The Kier molecular flexibility index (Phi) is 4.97. The van der Waals surface area contributed by atoms with Gasteiger partial charge < -0.3 is 14.5 Å². The maximum Gasteiger partial charge on any atom is 0.274 e. The van der Waals surface area contributed by atoms with E-state index in [-0.39, 0.29) is 11.9 Å². The molecular formula is C20H25N5O2S. The van der Waals surface area contributed by atoms with Crippen LogP contribution in [0.5, 0.6) is 5.75 Å². The topological polar surface area (TPSA) is 63.5 Å². The Balaban J connectivity index is 1.46. The molecule has 0 bridgehead atoms. The molecule has 0 saturated carbocycles. The number of piperazine rings is 1. The summed E-state index contributed by atoms with van der Waals surface area (Å²) in [5.41, 5.74) is 2.45. The third-order valence-electron chi connectivity index (χ3n) is 5.06. The summed E-state index contributed by atoms with van der Waals surface area (Å²) in [6, 6.07) is 8.11. The lowest BCUT2D eigenvalue weighted by atomic mass is 10.2. The molecule has 1 amide bonds. The number of para-hydroxylation sites is 1. The van der Waals surface area contributed by atoms with E-state index in [1.807, 2.05) is 34.7 Å². The van der Waals surface area contributed by atoms with Crippen molar-refractivity contribution in [3.05, 3.63) is 35.7 Å². The SMILES string of the molecule is COc1cccc2sc(N3CCN(C(=O)c4cc(C)n(C(C)C)n4)CC3)nc12. The number of hydrogen-bond donors (Lipinski definition) is 0. The number of aromatic nitrogens is 3. The number of aryl methyl sites for hydroxylation is 1. The first-order valence-corrected chi connectivity index (χ1v) is 10.3. The first-order chi connectivity index (χ1) is 13.5. The highest BCUT2D eigenvalue weighted by Crippen LogP contribution is 2.34. The van der Waals surface area contributed by atoms with E-state index in [1.54, 1.807) is 18.4 Å². The molecule has 7 nitrogen and oxygen atoms in total. The number of hydrogen-bond acceptors (Lipinski definition) is 6. The number of carbonyl (C=O) groups excluding carboxylic acids is 1. The fourth-order valence-electron chi connectivity index (χ4n) is 3.59. The second kappa shape index (κ2) is 7.43. The zero-order valence-corrected chi connectivity index (χ0v) is 17.5. The zero-order valence-electron chi connectivity index (χ0n) is 16.7. The van der Waals surface area contributed by atoms with Crippen LogP contribution < -0.4 is 9.64 Å². The third kappa shape index (κ3) is 3.32. The van der Waals surface area contributed by atoms with Crippen LogP contribution in [0.1, 0.15) is 36.1 Å². The van der Waals surface area contributed by atoms with Gasteiger partial charge in [-0.1, -0.05) is 17.4 Å². The van der Waals surface area contributed by atoms with E-state index in [0.29, 0.717) is 18.8 Å². The number of anilines is 1. The minimum Gasteiger partial charge on any atom is -0.494 e. The largest absolute Gasteiger partial charge is 0.494 e. The van der Waals surface area contributed by atoms with Gasteiger partial charge in [0.25, 0.3) is 5.91 Å². The van der Waals surface area contributed by atoms with E-state index in [1.165, 1.54) is 0 Å². The Morgan fingerprint density at radius 2 is 1.96 bits per heavy atom. The smallest absolute Gasteiger partial charge is 0.274 e. The van der Waals surface area contributed by atoms with Crippen LogP contribution in [0, 0.1) is 6.92 Å². The number of rotatable bonds is 4. The van der Waals surface area contributed by atoms with Crippen molar-refractivity contribution in [2.75, 3.05) is 38.2 Å². The van der Waals surface area contributed by atoms with Crippen LogP contribution in [0.4, 0.5) is 5.13 Å². The molecule has 1 aliphatic heterocycles. The summed E-state index contributed by atoms with van der Waals surface area (Å²) in [6.07, 6.45) is 0. The third-order valence-corrected chi connectivity index (χ3v) is 6.14. The lowest BCUT2D eigenvalue weighted by Gasteiger charge is -2.34. The standard InChI is InChI=1S/C20H25N5O2S/c1-13(2)25-14(3)12-15(22-25)19(26)23-8-10-24(11-9-23)20-21-18-16(27-4)6-5-7-17(18)28-20/h5-7,12-13H,8-11H2,1-4H3. The van der Waals surface area contributed by atoms with Crippen molar-refractivity contribution in [1.82, 2.24) is 19.7 Å². The quantitative estimate of drug-likeness (QED) is 0.673. The minimum absolute atomic E-state index is 0.00752. The number of carbonyl (C=O) groups is 1. The van der Waals surface area contributed by atoms with E-state index in [4.69, 9.17) is 9.72 Å². The molecule has 3 heterocycles. The molecule has 0 N–H and O–H groups in total. The molecule has 0 spiro atoms. The molecule has 148 valence electrons. The summed E-state index contributed by atoms with van der Waals surface area (Å²) >= 11 is 1.66.